The normalized spacial score (nSPS) is 11.9. The van der Waals surface area contributed by atoms with Gasteiger partial charge in [-0.2, -0.15) is 0 Å². The Kier molecular flexibility index (Phi) is 3.96. The Morgan fingerprint density at radius 1 is 1.40 bits per heavy atom. The van der Waals surface area contributed by atoms with Gasteiger partial charge >= 0.3 is 0 Å². The van der Waals surface area contributed by atoms with E-state index in [2.05, 4.69) is 21.2 Å². The fourth-order valence-electron chi connectivity index (χ4n) is 0.943. The van der Waals surface area contributed by atoms with Crippen LogP contribution in [0.3, 0.4) is 0 Å². The highest BCUT2D eigenvalue weighted by Crippen LogP contribution is 2.14. The molecule has 80 valence electrons. The third-order valence-corrected chi connectivity index (χ3v) is 2.78. The van der Waals surface area contributed by atoms with Crippen LogP contribution in [0.25, 0.3) is 0 Å². The van der Waals surface area contributed by atoms with Crippen molar-refractivity contribution in [2.45, 2.75) is 11.8 Å². The molecule has 0 bridgehead atoms. The zero-order chi connectivity index (χ0) is 11.4. The van der Waals surface area contributed by atoms with E-state index in [9.17, 15) is 14.0 Å². The summed E-state index contributed by atoms with van der Waals surface area (Å²) >= 11 is 2.91. The molecule has 0 saturated carbocycles. The standard InChI is InChI=1S/C10H9BrFNO2/c1-6(14)9(11)10(15)13-8-5-3-2-4-7(8)12/h2-5,9H,1H3,(H,13,15). The number of benzene rings is 1. The maximum Gasteiger partial charge on any atom is 0.245 e. The maximum absolute atomic E-state index is 13.1. The molecule has 5 heteroatoms. The van der Waals surface area contributed by atoms with Crippen molar-refractivity contribution in [2.24, 2.45) is 0 Å². The Morgan fingerprint density at radius 2 is 2.00 bits per heavy atom. The Bertz CT molecular complexity index is 395. The molecule has 1 N–H and O–H groups in total. The number of amides is 1. The monoisotopic (exact) mass is 273 g/mol. The van der Waals surface area contributed by atoms with Gasteiger partial charge in [-0.05, 0) is 19.1 Å². The summed E-state index contributed by atoms with van der Waals surface area (Å²) in [6, 6.07) is 5.76. The molecule has 0 aromatic heterocycles. The van der Waals surface area contributed by atoms with Crippen molar-refractivity contribution in [2.75, 3.05) is 5.32 Å². The van der Waals surface area contributed by atoms with Crippen LogP contribution in [-0.2, 0) is 9.59 Å². The van der Waals surface area contributed by atoms with Crippen LogP contribution in [0.4, 0.5) is 10.1 Å². The highest BCUT2D eigenvalue weighted by atomic mass is 79.9. The third-order valence-electron chi connectivity index (χ3n) is 1.72. The number of anilines is 1. The molecule has 1 aromatic carbocycles. The number of ketones is 1. The first-order chi connectivity index (χ1) is 7.02. The van der Waals surface area contributed by atoms with Crippen LogP contribution >= 0.6 is 15.9 Å². The lowest BCUT2D eigenvalue weighted by Gasteiger charge is -2.08. The Labute approximate surface area is 94.8 Å². The van der Waals surface area contributed by atoms with Crippen molar-refractivity contribution in [3.05, 3.63) is 30.1 Å². The molecule has 0 fully saturated rings. The summed E-state index contributed by atoms with van der Waals surface area (Å²) in [7, 11) is 0. The van der Waals surface area contributed by atoms with Gasteiger partial charge in [0.2, 0.25) is 5.91 Å². The van der Waals surface area contributed by atoms with Crippen molar-refractivity contribution in [3.8, 4) is 0 Å². The summed E-state index contributed by atoms with van der Waals surface area (Å²) in [4.78, 5) is 21.3. The van der Waals surface area contributed by atoms with Crippen LogP contribution in [0.2, 0.25) is 0 Å². The van der Waals surface area contributed by atoms with E-state index >= 15 is 0 Å². The van der Waals surface area contributed by atoms with Gasteiger partial charge in [0, 0.05) is 0 Å². The molecule has 1 atom stereocenters. The second kappa shape index (κ2) is 5.02. The second-order valence-corrected chi connectivity index (χ2v) is 3.86. The Morgan fingerprint density at radius 3 is 2.53 bits per heavy atom. The van der Waals surface area contributed by atoms with Crippen molar-refractivity contribution < 1.29 is 14.0 Å². The summed E-state index contributed by atoms with van der Waals surface area (Å²) in [5.41, 5.74) is 0.0631. The van der Waals surface area contributed by atoms with Crippen molar-refractivity contribution in [3.63, 3.8) is 0 Å². The van der Waals surface area contributed by atoms with Gasteiger partial charge in [0.25, 0.3) is 0 Å². The second-order valence-electron chi connectivity index (χ2n) is 2.94. The fraction of sp³-hybridized carbons (Fsp3) is 0.200. The number of carbonyl (C=O) groups is 2. The minimum absolute atomic E-state index is 0.0631. The SMILES string of the molecule is CC(=O)C(Br)C(=O)Nc1ccccc1F. The highest BCUT2D eigenvalue weighted by Gasteiger charge is 2.20. The number of hydrogen-bond donors (Lipinski definition) is 1. The van der Waals surface area contributed by atoms with E-state index in [0.717, 1.165) is 0 Å². The van der Waals surface area contributed by atoms with E-state index in [0.29, 0.717) is 0 Å². The molecule has 15 heavy (non-hydrogen) atoms. The van der Waals surface area contributed by atoms with Gasteiger partial charge in [-0.25, -0.2) is 4.39 Å². The predicted molar refractivity (Wildman–Crippen MR) is 58.4 cm³/mol. The molecule has 0 aliphatic rings. The first-order valence-electron chi connectivity index (χ1n) is 4.22. The van der Waals surface area contributed by atoms with Crippen molar-refractivity contribution in [1.82, 2.24) is 0 Å². The smallest absolute Gasteiger partial charge is 0.245 e. The minimum Gasteiger partial charge on any atom is -0.322 e. The van der Waals surface area contributed by atoms with Gasteiger partial charge in [-0.15, -0.1) is 0 Å². The van der Waals surface area contributed by atoms with Gasteiger partial charge < -0.3 is 5.32 Å². The molecular weight excluding hydrogens is 265 g/mol. The lowest BCUT2D eigenvalue weighted by molar-refractivity contribution is -0.123. The molecule has 3 nitrogen and oxygen atoms in total. The number of halogens is 2. The number of rotatable bonds is 3. The van der Waals surface area contributed by atoms with E-state index in [1.54, 1.807) is 6.07 Å². The zero-order valence-corrected chi connectivity index (χ0v) is 9.55. The molecule has 0 spiro atoms. The number of nitrogens with one attached hydrogen (secondary N) is 1. The molecule has 1 aromatic rings. The first-order valence-corrected chi connectivity index (χ1v) is 5.14. The fourth-order valence-corrected chi connectivity index (χ4v) is 1.06. The molecule has 0 radical (unpaired) electrons. The van der Waals surface area contributed by atoms with Gasteiger partial charge in [0.1, 0.15) is 5.82 Å². The third kappa shape index (κ3) is 3.13. The summed E-state index contributed by atoms with van der Waals surface area (Å²) in [6.45, 7) is 1.28. The van der Waals surface area contributed by atoms with Crippen LogP contribution in [0, 0.1) is 5.82 Å². The van der Waals surface area contributed by atoms with Crippen molar-refractivity contribution in [1.29, 1.82) is 0 Å². The minimum atomic E-state index is -0.947. The van der Waals surface area contributed by atoms with Crippen LogP contribution in [0.1, 0.15) is 6.92 Å². The molecule has 0 saturated heterocycles. The van der Waals surface area contributed by atoms with E-state index in [-0.39, 0.29) is 11.5 Å². The van der Waals surface area contributed by atoms with Crippen LogP contribution in [0.5, 0.6) is 0 Å². The average Bonchev–Trinajstić information content (AvgIpc) is 2.20. The Balaban J connectivity index is 2.75. The average molecular weight is 274 g/mol. The van der Waals surface area contributed by atoms with Gasteiger partial charge in [-0.1, -0.05) is 28.1 Å². The number of Topliss-reactive ketones (excluding diaryl/α,β-unsaturated/α-hetero) is 1. The molecule has 0 aliphatic heterocycles. The number of para-hydroxylation sites is 1. The predicted octanol–water partition coefficient (Wildman–Crippen LogP) is 2.12. The summed E-state index contributed by atoms with van der Waals surface area (Å²) in [6.07, 6.45) is 0. The zero-order valence-electron chi connectivity index (χ0n) is 7.96. The molecular formula is C10H9BrFNO2. The molecule has 1 unspecified atom stereocenters. The Hall–Kier alpha value is -1.23. The van der Waals surface area contributed by atoms with Gasteiger partial charge in [0.15, 0.2) is 10.6 Å². The molecule has 0 aliphatic carbocycles. The summed E-state index contributed by atoms with van der Waals surface area (Å²) < 4.78 is 13.1. The topological polar surface area (TPSA) is 46.2 Å². The van der Waals surface area contributed by atoms with E-state index < -0.39 is 16.6 Å². The quantitative estimate of drug-likeness (QED) is 0.677. The van der Waals surface area contributed by atoms with Crippen LogP contribution in [0.15, 0.2) is 24.3 Å². The van der Waals surface area contributed by atoms with Crippen LogP contribution < -0.4 is 5.32 Å². The van der Waals surface area contributed by atoms with E-state index in [4.69, 9.17) is 0 Å². The highest BCUT2D eigenvalue weighted by molar-refractivity contribution is 9.10. The van der Waals surface area contributed by atoms with Crippen molar-refractivity contribution >= 4 is 33.3 Å². The van der Waals surface area contributed by atoms with Gasteiger partial charge in [-0.3, -0.25) is 9.59 Å². The molecule has 1 amide bonds. The largest absolute Gasteiger partial charge is 0.322 e. The molecule has 1 rings (SSSR count). The van der Waals surface area contributed by atoms with Gasteiger partial charge in [0.05, 0.1) is 5.69 Å². The number of alkyl halides is 1. The maximum atomic E-state index is 13.1. The number of carbonyl (C=O) groups excluding carboxylic acids is 2. The van der Waals surface area contributed by atoms with Crippen LogP contribution in [-0.4, -0.2) is 16.5 Å². The van der Waals surface area contributed by atoms with E-state index in [1.807, 2.05) is 0 Å². The summed E-state index contributed by atoms with van der Waals surface area (Å²) in [5.74, 6) is -1.44. The van der Waals surface area contributed by atoms with E-state index in [1.165, 1.54) is 25.1 Å². The number of hydrogen-bond acceptors (Lipinski definition) is 2. The lowest BCUT2D eigenvalue weighted by Crippen LogP contribution is -2.28. The first kappa shape index (κ1) is 11.8. The lowest BCUT2D eigenvalue weighted by atomic mass is 10.2. The molecule has 0 heterocycles. The summed E-state index contributed by atoms with van der Waals surface area (Å²) in [5, 5.41) is 2.31.